The third kappa shape index (κ3) is 3.75. The third-order valence-corrected chi connectivity index (χ3v) is 6.94. The number of H-pyrrole nitrogens is 1. The van der Waals surface area contributed by atoms with E-state index in [1.54, 1.807) is 18.4 Å². The minimum absolute atomic E-state index is 0.0936. The number of thioether (sulfide) groups is 1. The summed E-state index contributed by atoms with van der Waals surface area (Å²) in [5.41, 5.74) is 0.905. The van der Waals surface area contributed by atoms with Crippen molar-refractivity contribution in [2.45, 2.75) is 44.3 Å². The Hall–Kier alpha value is -1.38. The highest BCUT2D eigenvalue weighted by Crippen LogP contribution is 2.27. The molecule has 2 aromatic rings. The van der Waals surface area contributed by atoms with Crippen molar-refractivity contribution < 1.29 is 9.53 Å². The third-order valence-electron chi connectivity index (χ3n) is 4.70. The van der Waals surface area contributed by atoms with Gasteiger partial charge in [-0.3, -0.25) is 9.59 Å². The minimum Gasteiger partial charge on any atom is -0.380 e. The summed E-state index contributed by atoms with van der Waals surface area (Å²) < 4.78 is 5.32. The summed E-state index contributed by atoms with van der Waals surface area (Å²) in [4.78, 5) is 36.0. The molecule has 136 valence electrons. The molecule has 25 heavy (non-hydrogen) atoms. The first kappa shape index (κ1) is 18.4. The average Bonchev–Trinajstić information content (AvgIpc) is 3.17. The van der Waals surface area contributed by atoms with Crippen LogP contribution in [-0.4, -0.2) is 52.3 Å². The molecule has 0 aromatic carbocycles. The van der Waals surface area contributed by atoms with Gasteiger partial charge in [0, 0.05) is 25.1 Å². The SMILES string of the molecule is CO[C@H]1CCN(C(=O)[C@H](C)SCc2nc3sc(C)c(C)c3c(=O)[nH]2)C1. The van der Waals surface area contributed by atoms with E-state index in [2.05, 4.69) is 9.97 Å². The highest BCUT2D eigenvalue weighted by atomic mass is 32.2. The van der Waals surface area contributed by atoms with E-state index in [0.29, 0.717) is 23.5 Å². The van der Waals surface area contributed by atoms with Gasteiger partial charge in [0.1, 0.15) is 10.7 Å². The molecule has 0 bridgehead atoms. The van der Waals surface area contributed by atoms with Gasteiger partial charge in [0.2, 0.25) is 5.91 Å². The van der Waals surface area contributed by atoms with E-state index in [1.807, 2.05) is 25.7 Å². The van der Waals surface area contributed by atoms with Gasteiger partial charge in [-0.2, -0.15) is 0 Å². The van der Waals surface area contributed by atoms with Crippen LogP contribution < -0.4 is 5.56 Å². The van der Waals surface area contributed by atoms with Crippen LogP contribution in [-0.2, 0) is 15.3 Å². The summed E-state index contributed by atoms with van der Waals surface area (Å²) in [6, 6.07) is 0. The number of likely N-dealkylation sites (tertiary alicyclic amines) is 1. The zero-order valence-corrected chi connectivity index (χ0v) is 16.6. The number of aromatic nitrogens is 2. The van der Waals surface area contributed by atoms with Crippen LogP contribution in [0, 0.1) is 13.8 Å². The first-order valence-electron chi connectivity index (χ1n) is 8.32. The van der Waals surface area contributed by atoms with Crippen molar-refractivity contribution >= 4 is 39.2 Å². The molecule has 0 spiro atoms. The summed E-state index contributed by atoms with van der Waals surface area (Å²) in [7, 11) is 1.68. The van der Waals surface area contributed by atoms with Crippen molar-refractivity contribution in [1.82, 2.24) is 14.9 Å². The Morgan fingerprint density at radius 3 is 2.96 bits per heavy atom. The zero-order chi connectivity index (χ0) is 18.1. The standard InChI is InChI=1S/C17H23N3O3S2/c1-9-10(2)25-16-14(9)15(21)18-13(19-16)8-24-11(3)17(22)20-6-5-12(7-20)23-4/h11-12H,5-8H2,1-4H3,(H,18,19,21)/t11-,12-/m0/s1. The summed E-state index contributed by atoms with van der Waals surface area (Å²) in [5.74, 6) is 1.26. The zero-order valence-electron chi connectivity index (χ0n) is 14.9. The van der Waals surface area contributed by atoms with Gasteiger partial charge in [-0.1, -0.05) is 0 Å². The Bertz CT molecular complexity index is 846. The predicted molar refractivity (Wildman–Crippen MR) is 102 cm³/mol. The van der Waals surface area contributed by atoms with E-state index < -0.39 is 0 Å². The van der Waals surface area contributed by atoms with Gasteiger partial charge in [0.25, 0.3) is 5.56 Å². The number of fused-ring (bicyclic) bond motifs is 1. The Balaban J connectivity index is 1.66. The quantitative estimate of drug-likeness (QED) is 0.861. The Kier molecular flexibility index (Phi) is 5.50. The fraction of sp³-hybridized carbons (Fsp3) is 0.588. The summed E-state index contributed by atoms with van der Waals surface area (Å²) in [6.45, 7) is 7.26. The maximum atomic E-state index is 12.5. The van der Waals surface area contributed by atoms with Crippen molar-refractivity contribution in [3.05, 3.63) is 26.6 Å². The lowest BCUT2D eigenvalue weighted by Gasteiger charge is -2.20. The lowest BCUT2D eigenvalue weighted by Crippen LogP contribution is -2.35. The largest absolute Gasteiger partial charge is 0.380 e. The van der Waals surface area contributed by atoms with E-state index in [9.17, 15) is 9.59 Å². The number of hydrogen-bond donors (Lipinski definition) is 1. The molecule has 0 aliphatic carbocycles. The van der Waals surface area contributed by atoms with E-state index in [1.165, 1.54) is 11.8 Å². The van der Waals surface area contributed by atoms with E-state index in [-0.39, 0.29) is 22.8 Å². The molecule has 1 aliphatic rings. The van der Waals surface area contributed by atoms with Gasteiger partial charge in [-0.25, -0.2) is 4.98 Å². The monoisotopic (exact) mass is 381 g/mol. The van der Waals surface area contributed by atoms with Gasteiger partial charge >= 0.3 is 0 Å². The van der Waals surface area contributed by atoms with Crippen molar-refractivity contribution in [2.75, 3.05) is 20.2 Å². The number of nitrogens with zero attached hydrogens (tertiary/aromatic N) is 2. The second-order valence-corrected chi connectivity index (χ2v) is 8.89. The molecule has 8 heteroatoms. The highest BCUT2D eigenvalue weighted by molar-refractivity contribution is 7.99. The first-order chi connectivity index (χ1) is 11.9. The number of thiophene rings is 1. The highest BCUT2D eigenvalue weighted by Gasteiger charge is 2.29. The molecule has 0 saturated carbocycles. The van der Waals surface area contributed by atoms with E-state index in [4.69, 9.17) is 4.74 Å². The van der Waals surface area contributed by atoms with Gasteiger partial charge in [0.15, 0.2) is 0 Å². The molecule has 3 rings (SSSR count). The number of carbonyl (C=O) groups is 1. The molecule has 2 atom stereocenters. The summed E-state index contributed by atoms with van der Waals surface area (Å²) in [5, 5.41) is 0.506. The summed E-state index contributed by atoms with van der Waals surface area (Å²) in [6.07, 6.45) is 1.04. The molecule has 1 amide bonds. The van der Waals surface area contributed by atoms with Crippen LogP contribution >= 0.6 is 23.1 Å². The van der Waals surface area contributed by atoms with E-state index >= 15 is 0 Å². The topological polar surface area (TPSA) is 75.3 Å². The van der Waals surface area contributed by atoms with Gasteiger partial charge in [0.05, 0.1) is 22.5 Å². The molecular weight excluding hydrogens is 358 g/mol. The number of ether oxygens (including phenoxy) is 1. The second-order valence-electron chi connectivity index (χ2n) is 6.36. The van der Waals surface area contributed by atoms with Crippen molar-refractivity contribution in [1.29, 1.82) is 0 Å². The summed E-state index contributed by atoms with van der Waals surface area (Å²) >= 11 is 3.04. The number of aryl methyl sites for hydroxylation is 2. The lowest BCUT2D eigenvalue weighted by atomic mass is 10.2. The normalized spacial score (nSPS) is 18.9. The van der Waals surface area contributed by atoms with Gasteiger partial charge in [-0.05, 0) is 32.8 Å². The van der Waals surface area contributed by atoms with Gasteiger partial charge < -0.3 is 14.6 Å². The maximum Gasteiger partial charge on any atom is 0.259 e. The Morgan fingerprint density at radius 2 is 2.28 bits per heavy atom. The fourth-order valence-corrected chi connectivity index (χ4v) is 4.91. The molecular formula is C17H23N3O3S2. The predicted octanol–water partition coefficient (Wildman–Crippen LogP) is 2.47. The van der Waals surface area contributed by atoms with Crippen LogP contribution in [0.3, 0.4) is 0 Å². The number of amides is 1. The van der Waals surface area contributed by atoms with Crippen LogP contribution in [0.15, 0.2) is 4.79 Å². The number of nitrogens with one attached hydrogen (secondary N) is 1. The maximum absolute atomic E-state index is 12.5. The molecule has 0 unspecified atom stereocenters. The minimum atomic E-state index is -0.177. The van der Waals surface area contributed by atoms with Crippen molar-refractivity contribution in [3.8, 4) is 0 Å². The van der Waals surface area contributed by atoms with Crippen LogP contribution in [0.2, 0.25) is 0 Å². The number of carbonyl (C=O) groups excluding carboxylic acids is 1. The Labute approximate surface area is 155 Å². The Morgan fingerprint density at radius 1 is 1.52 bits per heavy atom. The molecule has 3 heterocycles. The molecule has 1 fully saturated rings. The molecule has 1 aliphatic heterocycles. The van der Waals surface area contributed by atoms with Crippen LogP contribution in [0.25, 0.3) is 10.2 Å². The molecule has 1 saturated heterocycles. The average molecular weight is 382 g/mol. The van der Waals surface area contributed by atoms with Crippen LogP contribution in [0.5, 0.6) is 0 Å². The molecule has 2 aromatic heterocycles. The van der Waals surface area contributed by atoms with E-state index in [0.717, 1.165) is 28.2 Å². The molecule has 6 nitrogen and oxygen atoms in total. The number of methoxy groups -OCH3 is 1. The number of aromatic amines is 1. The lowest BCUT2D eigenvalue weighted by molar-refractivity contribution is -0.129. The van der Waals surface area contributed by atoms with Crippen LogP contribution in [0.4, 0.5) is 0 Å². The number of rotatable bonds is 5. The fourth-order valence-electron chi connectivity index (χ4n) is 3.02. The van der Waals surface area contributed by atoms with Gasteiger partial charge in [-0.15, -0.1) is 23.1 Å². The van der Waals surface area contributed by atoms with Crippen molar-refractivity contribution in [3.63, 3.8) is 0 Å². The van der Waals surface area contributed by atoms with Crippen molar-refractivity contribution in [2.24, 2.45) is 0 Å². The second kappa shape index (κ2) is 7.47. The smallest absolute Gasteiger partial charge is 0.259 e. The first-order valence-corrected chi connectivity index (χ1v) is 10.2. The number of hydrogen-bond acceptors (Lipinski definition) is 6. The molecule has 0 radical (unpaired) electrons. The molecule has 1 N–H and O–H groups in total. The van der Waals surface area contributed by atoms with Crippen LogP contribution in [0.1, 0.15) is 29.6 Å².